The van der Waals surface area contributed by atoms with Crippen LogP contribution in [0.25, 0.3) is 0 Å². The highest BCUT2D eigenvalue weighted by molar-refractivity contribution is 7.99. The van der Waals surface area contributed by atoms with E-state index in [0.717, 1.165) is 17.1 Å². The molecule has 2 rings (SSSR count). The van der Waals surface area contributed by atoms with Gasteiger partial charge in [-0.25, -0.2) is 0 Å². The Bertz CT molecular complexity index is 657. The van der Waals surface area contributed by atoms with E-state index in [-0.39, 0.29) is 11.9 Å². The van der Waals surface area contributed by atoms with Gasteiger partial charge in [-0.3, -0.25) is 4.79 Å². The molecule has 0 bridgehead atoms. The Morgan fingerprint density at radius 2 is 1.87 bits per heavy atom. The van der Waals surface area contributed by atoms with E-state index in [1.807, 2.05) is 43.3 Å². The van der Waals surface area contributed by atoms with Crippen molar-refractivity contribution in [3.63, 3.8) is 0 Å². The second-order valence-electron chi connectivity index (χ2n) is 5.45. The van der Waals surface area contributed by atoms with E-state index in [9.17, 15) is 4.79 Å². The van der Waals surface area contributed by atoms with Crippen LogP contribution >= 0.6 is 11.8 Å². The number of methoxy groups -OCH3 is 1. The highest BCUT2D eigenvalue weighted by Crippen LogP contribution is 2.24. The Morgan fingerprint density at radius 3 is 2.61 bits per heavy atom. The number of carbonyl (C=O) groups excluding carboxylic acids is 1. The average molecular weight is 329 g/mol. The van der Waals surface area contributed by atoms with Crippen LogP contribution in [-0.2, 0) is 10.5 Å². The van der Waals surface area contributed by atoms with E-state index in [4.69, 9.17) is 4.74 Å². The summed E-state index contributed by atoms with van der Waals surface area (Å²) in [7, 11) is 1.64. The van der Waals surface area contributed by atoms with Crippen molar-refractivity contribution in [2.45, 2.75) is 25.6 Å². The van der Waals surface area contributed by atoms with E-state index in [2.05, 4.69) is 24.4 Å². The number of hydrogen-bond acceptors (Lipinski definition) is 3. The molecule has 0 aliphatic carbocycles. The van der Waals surface area contributed by atoms with Crippen molar-refractivity contribution >= 4 is 17.7 Å². The Hall–Kier alpha value is -1.94. The fourth-order valence-corrected chi connectivity index (χ4v) is 3.33. The van der Waals surface area contributed by atoms with Crippen LogP contribution in [0.4, 0.5) is 0 Å². The van der Waals surface area contributed by atoms with Gasteiger partial charge in [0.1, 0.15) is 5.75 Å². The van der Waals surface area contributed by atoms with E-state index in [1.165, 1.54) is 11.1 Å². The van der Waals surface area contributed by atoms with Gasteiger partial charge in [0.25, 0.3) is 0 Å². The molecule has 0 aromatic heterocycles. The number of nitrogens with one attached hydrogen (secondary N) is 1. The SMILES string of the molecule is COc1ccccc1[C@@H](C)NC(=O)CSCc1ccccc1C. The molecule has 0 fully saturated rings. The second kappa shape index (κ2) is 8.63. The number of hydrogen-bond donors (Lipinski definition) is 1. The quantitative estimate of drug-likeness (QED) is 0.830. The first-order valence-electron chi connectivity index (χ1n) is 7.66. The number of aryl methyl sites for hydroxylation is 1. The molecule has 0 saturated carbocycles. The maximum absolute atomic E-state index is 12.1. The van der Waals surface area contributed by atoms with Crippen LogP contribution in [0, 0.1) is 6.92 Å². The second-order valence-corrected chi connectivity index (χ2v) is 6.44. The maximum atomic E-state index is 12.1. The molecular formula is C19H23NO2S. The van der Waals surface area contributed by atoms with Crippen LogP contribution < -0.4 is 10.1 Å². The van der Waals surface area contributed by atoms with Crippen molar-refractivity contribution in [3.8, 4) is 5.75 Å². The predicted molar refractivity (Wildman–Crippen MR) is 96.9 cm³/mol. The predicted octanol–water partition coefficient (Wildman–Crippen LogP) is 4.11. The van der Waals surface area contributed by atoms with Crippen molar-refractivity contribution in [1.29, 1.82) is 0 Å². The molecule has 0 aliphatic rings. The summed E-state index contributed by atoms with van der Waals surface area (Å²) in [5.41, 5.74) is 3.54. The molecule has 0 unspecified atom stereocenters. The molecule has 0 spiro atoms. The monoisotopic (exact) mass is 329 g/mol. The van der Waals surface area contributed by atoms with Crippen LogP contribution in [0.15, 0.2) is 48.5 Å². The summed E-state index contributed by atoms with van der Waals surface area (Å²) < 4.78 is 5.34. The number of amides is 1. The summed E-state index contributed by atoms with van der Waals surface area (Å²) in [6.45, 7) is 4.07. The molecular weight excluding hydrogens is 306 g/mol. The fourth-order valence-electron chi connectivity index (χ4n) is 2.41. The summed E-state index contributed by atoms with van der Waals surface area (Å²) in [5, 5.41) is 3.03. The van der Waals surface area contributed by atoms with E-state index >= 15 is 0 Å². The third-order valence-corrected chi connectivity index (χ3v) is 4.72. The van der Waals surface area contributed by atoms with Gasteiger partial charge in [-0.2, -0.15) is 0 Å². The zero-order valence-corrected chi connectivity index (χ0v) is 14.7. The molecule has 23 heavy (non-hydrogen) atoms. The standard InChI is InChI=1S/C19H23NO2S/c1-14-8-4-5-9-16(14)12-23-13-19(21)20-15(2)17-10-6-7-11-18(17)22-3/h4-11,15H,12-13H2,1-3H3,(H,20,21)/t15-/m1/s1. The first kappa shape index (κ1) is 17.4. The van der Waals surface area contributed by atoms with Gasteiger partial charge in [0.15, 0.2) is 0 Å². The minimum absolute atomic E-state index is 0.0435. The van der Waals surface area contributed by atoms with Crippen molar-refractivity contribution in [2.24, 2.45) is 0 Å². The van der Waals surface area contributed by atoms with Crippen molar-refractivity contribution in [1.82, 2.24) is 5.32 Å². The fraction of sp³-hybridized carbons (Fsp3) is 0.316. The molecule has 1 amide bonds. The normalized spacial score (nSPS) is 11.8. The van der Waals surface area contributed by atoms with E-state index in [1.54, 1.807) is 18.9 Å². The van der Waals surface area contributed by atoms with Crippen LogP contribution in [0.2, 0.25) is 0 Å². The summed E-state index contributed by atoms with van der Waals surface area (Å²) in [4.78, 5) is 12.1. The summed E-state index contributed by atoms with van der Waals surface area (Å²) >= 11 is 1.63. The number of rotatable bonds is 7. The molecule has 0 radical (unpaired) electrons. The highest BCUT2D eigenvalue weighted by atomic mass is 32.2. The topological polar surface area (TPSA) is 38.3 Å². The number of carbonyl (C=O) groups is 1. The first-order chi connectivity index (χ1) is 11.1. The summed E-state index contributed by atoms with van der Waals surface area (Å²) in [6.07, 6.45) is 0. The van der Waals surface area contributed by atoms with Gasteiger partial charge in [0.05, 0.1) is 18.9 Å². The molecule has 0 saturated heterocycles. The number of para-hydroxylation sites is 1. The molecule has 122 valence electrons. The lowest BCUT2D eigenvalue weighted by molar-refractivity contribution is -0.119. The summed E-state index contributed by atoms with van der Waals surface area (Å²) in [6, 6.07) is 16.0. The third kappa shape index (κ3) is 5.03. The molecule has 2 aromatic rings. The van der Waals surface area contributed by atoms with Gasteiger partial charge in [-0.15, -0.1) is 11.8 Å². The zero-order chi connectivity index (χ0) is 16.7. The summed E-state index contributed by atoms with van der Waals surface area (Å²) in [5.74, 6) is 2.14. The number of ether oxygens (including phenoxy) is 1. The zero-order valence-electron chi connectivity index (χ0n) is 13.8. The first-order valence-corrected chi connectivity index (χ1v) is 8.82. The largest absolute Gasteiger partial charge is 0.496 e. The number of benzene rings is 2. The van der Waals surface area contributed by atoms with Gasteiger partial charge in [0.2, 0.25) is 5.91 Å². The molecule has 4 heteroatoms. The lowest BCUT2D eigenvalue weighted by atomic mass is 10.1. The van der Waals surface area contributed by atoms with Gasteiger partial charge >= 0.3 is 0 Å². The van der Waals surface area contributed by atoms with Gasteiger partial charge in [-0.1, -0.05) is 42.5 Å². The molecule has 0 heterocycles. The molecule has 1 atom stereocenters. The Morgan fingerprint density at radius 1 is 1.17 bits per heavy atom. The van der Waals surface area contributed by atoms with Crippen molar-refractivity contribution < 1.29 is 9.53 Å². The Kier molecular flexibility index (Phi) is 6.53. The van der Waals surface area contributed by atoms with Crippen LogP contribution in [0.5, 0.6) is 5.75 Å². The van der Waals surface area contributed by atoms with E-state index < -0.39 is 0 Å². The Labute approximate surface area is 142 Å². The Balaban J connectivity index is 1.84. The van der Waals surface area contributed by atoms with Crippen molar-refractivity contribution in [2.75, 3.05) is 12.9 Å². The maximum Gasteiger partial charge on any atom is 0.230 e. The van der Waals surface area contributed by atoms with Crippen LogP contribution in [0.1, 0.15) is 29.7 Å². The van der Waals surface area contributed by atoms with Gasteiger partial charge in [0, 0.05) is 11.3 Å². The average Bonchev–Trinajstić information content (AvgIpc) is 2.56. The van der Waals surface area contributed by atoms with Gasteiger partial charge < -0.3 is 10.1 Å². The third-order valence-electron chi connectivity index (χ3n) is 3.73. The molecule has 3 nitrogen and oxygen atoms in total. The lowest BCUT2D eigenvalue weighted by Gasteiger charge is -2.17. The van der Waals surface area contributed by atoms with Crippen LogP contribution in [0.3, 0.4) is 0 Å². The van der Waals surface area contributed by atoms with Crippen molar-refractivity contribution in [3.05, 3.63) is 65.2 Å². The minimum Gasteiger partial charge on any atom is -0.496 e. The van der Waals surface area contributed by atoms with Crippen LogP contribution in [-0.4, -0.2) is 18.8 Å². The van der Waals surface area contributed by atoms with E-state index in [0.29, 0.717) is 5.75 Å². The minimum atomic E-state index is -0.0716. The smallest absolute Gasteiger partial charge is 0.230 e. The molecule has 1 N–H and O–H groups in total. The number of thioether (sulfide) groups is 1. The molecule has 2 aromatic carbocycles. The van der Waals surface area contributed by atoms with Gasteiger partial charge in [-0.05, 0) is 31.0 Å². The highest BCUT2D eigenvalue weighted by Gasteiger charge is 2.13. The molecule has 0 aliphatic heterocycles. The lowest BCUT2D eigenvalue weighted by Crippen LogP contribution is -2.28.